The molecule has 0 aromatic heterocycles. The Labute approximate surface area is 290 Å². The summed E-state index contributed by atoms with van der Waals surface area (Å²) >= 11 is 0. The lowest BCUT2D eigenvalue weighted by atomic mass is 10.0. The van der Waals surface area contributed by atoms with E-state index < -0.39 is 18.8 Å². The number of ketones is 3. The van der Waals surface area contributed by atoms with Crippen LogP contribution in [-0.2, 0) is 14.4 Å². The van der Waals surface area contributed by atoms with E-state index in [4.69, 9.17) is 5.11 Å². The van der Waals surface area contributed by atoms with Gasteiger partial charge in [-0.3, -0.25) is 14.4 Å². The molecule has 0 aromatic rings. The van der Waals surface area contributed by atoms with Gasteiger partial charge in [-0.25, -0.2) is 0 Å². The van der Waals surface area contributed by atoms with E-state index in [9.17, 15) is 24.6 Å². The number of unbranched alkanes of at least 4 members (excludes halogenated alkanes) is 23. The number of Topliss-reactive ketones (excluding diaryl/α,β-unsaturated/α-hetero) is 3. The van der Waals surface area contributed by atoms with Gasteiger partial charge in [0.15, 0.2) is 5.78 Å². The molecule has 0 aliphatic carbocycles. The number of rotatable bonds is 38. The fourth-order valence-electron chi connectivity index (χ4n) is 6.20. The van der Waals surface area contributed by atoms with E-state index in [0.717, 1.165) is 96.3 Å². The quantitative estimate of drug-likeness (QED) is 0.0447. The molecule has 3 N–H and O–H groups in total. The maximum atomic E-state index is 12.2. The molecule has 47 heavy (non-hydrogen) atoms. The summed E-state index contributed by atoms with van der Waals surface area (Å²) in [6.07, 6.45) is 37.2. The third-order valence-corrected chi connectivity index (χ3v) is 9.36. The number of hydrogen-bond donors (Lipinski definition) is 3. The molecular formula is C41H76O6. The molecule has 2 atom stereocenters. The van der Waals surface area contributed by atoms with E-state index in [2.05, 4.69) is 19.1 Å². The normalized spacial score (nSPS) is 12.9. The van der Waals surface area contributed by atoms with Gasteiger partial charge < -0.3 is 15.3 Å². The van der Waals surface area contributed by atoms with Crippen LogP contribution >= 0.6 is 0 Å². The van der Waals surface area contributed by atoms with Crippen LogP contribution in [0.4, 0.5) is 0 Å². The molecule has 0 aliphatic rings. The first-order chi connectivity index (χ1) is 22.9. The van der Waals surface area contributed by atoms with E-state index in [0.29, 0.717) is 11.6 Å². The van der Waals surface area contributed by atoms with Crippen molar-refractivity contribution in [1.29, 1.82) is 0 Å². The molecule has 276 valence electrons. The fourth-order valence-corrected chi connectivity index (χ4v) is 6.20. The van der Waals surface area contributed by atoms with Crippen LogP contribution in [0, 0.1) is 0 Å². The highest BCUT2D eigenvalue weighted by molar-refractivity contribution is 5.83. The van der Waals surface area contributed by atoms with Crippen molar-refractivity contribution >= 4 is 17.3 Å². The lowest BCUT2D eigenvalue weighted by Gasteiger charge is -2.13. The van der Waals surface area contributed by atoms with Gasteiger partial charge in [0.1, 0.15) is 23.8 Å². The Bertz CT molecular complexity index is 748. The van der Waals surface area contributed by atoms with Gasteiger partial charge >= 0.3 is 0 Å². The standard InChI is InChI=1S/C41H76O6/c1-2-31-37(43)32-27-23-19-15-11-8-6-9-13-17-21-25-29-34-38(44)33-28-24-20-16-12-7-4-3-5-10-14-18-22-26-30-35-39(45)41(47)40(46)36-42/h3,5,40-42,46-47H,2,4,6-36H2,1H3/b5-3-. The predicted molar refractivity (Wildman–Crippen MR) is 197 cm³/mol. The molecule has 0 saturated carbocycles. The van der Waals surface area contributed by atoms with Crippen molar-refractivity contribution in [2.75, 3.05) is 6.61 Å². The Morgan fingerprint density at radius 3 is 1.09 bits per heavy atom. The zero-order valence-corrected chi connectivity index (χ0v) is 30.7. The number of carbonyl (C=O) groups is 3. The van der Waals surface area contributed by atoms with Crippen LogP contribution in [-0.4, -0.2) is 51.5 Å². The lowest BCUT2D eigenvalue weighted by molar-refractivity contribution is -0.134. The largest absolute Gasteiger partial charge is 0.394 e. The molecule has 0 amide bonds. The number of aliphatic hydroxyl groups excluding tert-OH is 3. The molecule has 2 unspecified atom stereocenters. The van der Waals surface area contributed by atoms with Gasteiger partial charge in [-0.15, -0.1) is 0 Å². The molecule has 0 bridgehead atoms. The summed E-state index contributed by atoms with van der Waals surface area (Å²) in [4.78, 5) is 35.4. The number of allylic oxidation sites excluding steroid dienone is 2. The maximum absolute atomic E-state index is 12.2. The highest BCUT2D eigenvalue weighted by Crippen LogP contribution is 2.16. The topological polar surface area (TPSA) is 112 Å². The predicted octanol–water partition coefficient (Wildman–Crippen LogP) is 10.5. The zero-order valence-electron chi connectivity index (χ0n) is 30.7. The molecular weight excluding hydrogens is 588 g/mol. The number of hydrogen-bond acceptors (Lipinski definition) is 6. The van der Waals surface area contributed by atoms with Crippen LogP contribution in [0.2, 0.25) is 0 Å². The van der Waals surface area contributed by atoms with E-state index >= 15 is 0 Å². The van der Waals surface area contributed by atoms with Crippen LogP contribution in [0.3, 0.4) is 0 Å². The summed E-state index contributed by atoms with van der Waals surface area (Å²) in [7, 11) is 0. The first kappa shape index (κ1) is 45.6. The average Bonchev–Trinajstić information content (AvgIpc) is 3.07. The fraction of sp³-hybridized carbons (Fsp3) is 0.878. The number of carbonyl (C=O) groups excluding carboxylic acids is 3. The lowest BCUT2D eigenvalue weighted by Crippen LogP contribution is -2.36. The third-order valence-electron chi connectivity index (χ3n) is 9.36. The third kappa shape index (κ3) is 32.9. The molecule has 6 nitrogen and oxygen atoms in total. The summed E-state index contributed by atoms with van der Waals surface area (Å²) in [5.74, 6) is 0.522. The van der Waals surface area contributed by atoms with Gasteiger partial charge in [0.25, 0.3) is 0 Å². The Morgan fingerprint density at radius 2 is 0.745 bits per heavy atom. The molecule has 0 fully saturated rings. The second kappa shape index (κ2) is 35.9. The monoisotopic (exact) mass is 665 g/mol. The summed E-state index contributed by atoms with van der Waals surface area (Å²) in [6, 6.07) is 0. The second-order valence-electron chi connectivity index (χ2n) is 14.0. The smallest absolute Gasteiger partial charge is 0.164 e. The van der Waals surface area contributed by atoms with Crippen molar-refractivity contribution in [3.63, 3.8) is 0 Å². The zero-order chi connectivity index (χ0) is 34.6. The Morgan fingerprint density at radius 1 is 0.447 bits per heavy atom. The van der Waals surface area contributed by atoms with Crippen molar-refractivity contribution in [2.24, 2.45) is 0 Å². The minimum atomic E-state index is -1.46. The average molecular weight is 665 g/mol. The van der Waals surface area contributed by atoms with Crippen molar-refractivity contribution in [3.8, 4) is 0 Å². The van der Waals surface area contributed by atoms with Crippen LogP contribution in [0.25, 0.3) is 0 Å². The van der Waals surface area contributed by atoms with E-state index in [1.807, 2.05) is 0 Å². The van der Waals surface area contributed by atoms with E-state index in [1.165, 1.54) is 103 Å². The Balaban J connectivity index is 3.30. The molecule has 0 aromatic carbocycles. The molecule has 0 heterocycles. The van der Waals surface area contributed by atoms with Crippen LogP contribution in [0.1, 0.15) is 212 Å². The van der Waals surface area contributed by atoms with Crippen LogP contribution in [0.5, 0.6) is 0 Å². The molecule has 0 saturated heterocycles. The summed E-state index contributed by atoms with van der Waals surface area (Å²) < 4.78 is 0. The van der Waals surface area contributed by atoms with E-state index in [1.54, 1.807) is 0 Å². The van der Waals surface area contributed by atoms with Gasteiger partial charge in [0.2, 0.25) is 0 Å². The molecule has 0 spiro atoms. The summed E-state index contributed by atoms with van der Waals surface area (Å²) in [5.41, 5.74) is 0. The van der Waals surface area contributed by atoms with Gasteiger partial charge in [-0.1, -0.05) is 135 Å². The minimum absolute atomic E-state index is 0.255. The first-order valence-corrected chi connectivity index (χ1v) is 20.1. The van der Waals surface area contributed by atoms with Crippen LogP contribution < -0.4 is 0 Å². The maximum Gasteiger partial charge on any atom is 0.164 e. The van der Waals surface area contributed by atoms with Gasteiger partial charge in [0, 0.05) is 32.1 Å². The molecule has 6 heteroatoms. The second-order valence-corrected chi connectivity index (χ2v) is 14.0. The molecule has 0 aliphatic heterocycles. The molecule has 0 rings (SSSR count). The number of aliphatic hydroxyl groups is 3. The minimum Gasteiger partial charge on any atom is -0.394 e. The SMILES string of the molecule is CCCC(=O)CCCCCCCCCCCCCCCC(=O)CCCCCCCC/C=C\CCCCCCCC(=O)C(O)C(O)CO. The van der Waals surface area contributed by atoms with Crippen molar-refractivity contribution < 1.29 is 29.7 Å². The van der Waals surface area contributed by atoms with Crippen LogP contribution in [0.15, 0.2) is 12.2 Å². The van der Waals surface area contributed by atoms with Gasteiger partial charge in [-0.05, 0) is 57.8 Å². The molecule has 0 radical (unpaired) electrons. The van der Waals surface area contributed by atoms with Crippen molar-refractivity contribution in [1.82, 2.24) is 0 Å². The Kier molecular flexibility index (Phi) is 34.9. The highest BCUT2D eigenvalue weighted by atomic mass is 16.4. The van der Waals surface area contributed by atoms with E-state index in [-0.39, 0.29) is 12.2 Å². The Hall–Kier alpha value is -1.37. The van der Waals surface area contributed by atoms with Crippen molar-refractivity contribution in [3.05, 3.63) is 12.2 Å². The van der Waals surface area contributed by atoms with Gasteiger partial charge in [-0.2, -0.15) is 0 Å². The van der Waals surface area contributed by atoms with Gasteiger partial charge in [0.05, 0.1) is 6.61 Å². The first-order valence-electron chi connectivity index (χ1n) is 20.1. The van der Waals surface area contributed by atoms with Crippen molar-refractivity contribution in [2.45, 2.75) is 225 Å². The highest BCUT2D eigenvalue weighted by Gasteiger charge is 2.22. The summed E-state index contributed by atoms with van der Waals surface area (Å²) in [6.45, 7) is 1.48. The summed E-state index contributed by atoms with van der Waals surface area (Å²) in [5, 5.41) is 27.6.